The molecule has 7 heteroatoms. The lowest BCUT2D eigenvalue weighted by Crippen LogP contribution is -2.20. The molecule has 1 aliphatic rings. The van der Waals surface area contributed by atoms with E-state index >= 15 is 0 Å². The first-order valence-corrected chi connectivity index (χ1v) is 7.61. The highest BCUT2D eigenvalue weighted by Crippen LogP contribution is 2.33. The van der Waals surface area contributed by atoms with Crippen molar-refractivity contribution in [2.24, 2.45) is 0 Å². The van der Waals surface area contributed by atoms with Gasteiger partial charge in [0.05, 0.1) is 17.5 Å². The number of hydrogen-bond donors (Lipinski definition) is 0. The third-order valence-electron chi connectivity index (χ3n) is 3.80. The number of benzene rings is 1. The third-order valence-corrected chi connectivity index (χ3v) is 3.80. The quantitative estimate of drug-likeness (QED) is 0.528. The second-order valence-electron chi connectivity index (χ2n) is 5.27. The van der Waals surface area contributed by atoms with Gasteiger partial charge in [0.25, 0.3) is 5.56 Å². The zero-order chi connectivity index (χ0) is 16.7. The van der Waals surface area contributed by atoms with Crippen molar-refractivity contribution in [3.63, 3.8) is 0 Å². The molecule has 0 fully saturated rings. The summed E-state index contributed by atoms with van der Waals surface area (Å²) in [5, 5.41) is 0.401. The van der Waals surface area contributed by atoms with Gasteiger partial charge >= 0.3 is 5.97 Å². The Morgan fingerprint density at radius 1 is 1.29 bits per heavy atom. The minimum Gasteiger partial charge on any atom is -0.486 e. The normalized spacial score (nSPS) is 13.2. The van der Waals surface area contributed by atoms with Crippen LogP contribution in [0.3, 0.4) is 0 Å². The van der Waals surface area contributed by atoms with Gasteiger partial charge < -0.3 is 14.2 Å². The zero-order valence-electron chi connectivity index (χ0n) is 12.9. The van der Waals surface area contributed by atoms with Crippen LogP contribution in [-0.2, 0) is 4.74 Å². The molecule has 0 radical (unpaired) electrons. The van der Waals surface area contributed by atoms with Crippen LogP contribution in [0.1, 0.15) is 17.3 Å². The highest BCUT2D eigenvalue weighted by atomic mass is 16.6. The molecule has 1 aromatic carbocycles. The van der Waals surface area contributed by atoms with Gasteiger partial charge in [-0.3, -0.25) is 9.20 Å². The molecular formula is C17H14N2O5. The summed E-state index contributed by atoms with van der Waals surface area (Å²) in [5.41, 5.74) is 0.664. The van der Waals surface area contributed by atoms with Gasteiger partial charge in [-0.25, -0.2) is 9.78 Å². The number of ether oxygens (including phenoxy) is 3. The molecule has 0 N–H and O–H groups in total. The fourth-order valence-corrected chi connectivity index (χ4v) is 2.73. The Balaban J connectivity index is 2.03. The average Bonchev–Trinajstić information content (AvgIpc) is 2.60. The van der Waals surface area contributed by atoms with Crippen molar-refractivity contribution in [2.45, 2.75) is 6.92 Å². The smallest absolute Gasteiger partial charge is 0.341 e. The maximum atomic E-state index is 12.8. The number of fused-ring (bicyclic) bond motifs is 3. The molecule has 1 aliphatic heterocycles. The van der Waals surface area contributed by atoms with Crippen molar-refractivity contribution in [3.05, 3.63) is 46.4 Å². The molecule has 2 aromatic heterocycles. The molecule has 0 spiro atoms. The predicted molar refractivity (Wildman–Crippen MR) is 85.9 cm³/mol. The molecule has 0 unspecified atom stereocenters. The minimum absolute atomic E-state index is 0.244. The van der Waals surface area contributed by atoms with Crippen LogP contribution >= 0.6 is 0 Å². The van der Waals surface area contributed by atoms with Gasteiger partial charge in [0, 0.05) is 12.3 Å². The van der Waals surface area contributed by atoms with E-state index < -0.39 is 5.97 Å². The second-order valence-corrected chi connectivity index (χ2v) is 5.27. The Bertz CT molecular complexity index is 1020. The largest absolute Gasteiger partial charge is 0.486 e. The summed E-state index contributed by atoms with van der Waals surface area (Å²) in [6, 6.07) is 6.49. The van der Waals surface area contributed by atoms with Gasteiger partial charge in [-0.05, 0) is 25.1 Å². The van der Waals surface area contributed by atoms with Gasteiger partial charge in [0.15, 0.2) is 17.1 Å². The molecule has 0 saturated carbocycles. The van der Waals surface area contributed by atoms with E-state index in [1.165, 1.54) is 4.40 Å². The third kappa shape index (κ3) is 2.17. The first-order chi connectivity index (χ1) is 11.7. The first-order valence-electron chi connectivity index (χ1n) is 7.61. The molecule has 3 heterocycles. The molecule has 0 bridgehead atoms. The topological polar surface area (TPSA) is 79.1 Å². The highest BCUT2D eigenvalue weighted by Gasteiger charge is 2.18. The summed E-state index contributed by atoms with van der Waals surface area (Å²) in [6.45, 7) is 2.85. The van der Waals surface area contributed by atoms with Crippen molar-refractivity contribution in [1.29, 1.82) is 0 Å². The highest BCUT2D eigenvalue weighted by molar-refractivity contribution is 5.97. The monoisotopic (exact) mass is 326 g/mol. The summed E-state index contributed by atoms with van der Waals surface area (Å²) in [4.78, 5) is 29.4. The van der Waals surface area contributed by atoms with Crippen molar-refractivity contribution in [1.82, 2.24) is 9.38 Å². The van der Waals surface area contributed by atoms with E-state index in [1.807, 2.05) is 0 Å². The lowest BCUT2D eigenvalue weighted by molar-refractivity contribution is 0.0528. The molecule has 0 aliphatic carbocycles. The summed E-state index contributed by atoms with van der Waals surface area (Å²) in [5.74, 6) is 0.548. The lowest BCUT2D eigenvalue weighted by atomic mass is 10.2. The van der Waals surface area contributed by atoms with E-state index in [2.05, 4.69) is 4.98 Å². The van der Waals surface area contributed by atoms with Crippen LogP contribution in [0.4, 0.5) is 0 Å². The van der Waals surface area contributed by atoms with Crippen molar-refractivity contribution in [2.75, 3.05) is 19.8 Å². The SMILES string of the molecule is CCOC(=O)c1cccn2c(=O)c3cc4c(cc3nc12)OCCO4. The lowest BCUT2D eigenvalue weighted by Gasteiger charge is -2.18. The van der Waals surface area contributed by atoms with Crippen LogP contribution in [0.2, 0.25) is 0 Å². The van der Waals surface area contributed by atoms with Gasteiger partial charge in [0.2, 0.25) is 0 Å². The standard InChI is InChI=1S/C17H14N2O5/c1-2-22-17(21)10-4-3-5-19-15(10)18-12-9-14-13(23-6-7-24-14)8-11(12)16(19)20/h3-5,8-9H,2,6-7H2,1H3. The average molecular weight is 326 g/mol. The molecule has 24 heavy (non-hydrogen) atoms. The van der Waals surface area contributed by atoms with E-state index in [9.17, 15) is 9.59 Å². The van der Waals surface area contributed by atoms with E-state index in [4.69, 9.17) is 14.2 Å². The molecule has 0 amide bonds. The van der Waals surface area contributed by atoms with Crippen LogP contribution in [0.15, 0.2) is 35.3 Å². The summed E-state index contributed by atoms with van der Waals surface area (Å²) in [7, 11) is 0. The number of esters is 1. The molecule has 122 valence electrons. The van der Waals surface area contributed by atoms with Crippen LogP contribution in [0.5, 0.6) is 11.5 Å². The van der Waals surface area contributed by atoms with Crippen molar-refractivity contribution in [3.8, 4) is 11.5 Å². The van der Waals surface area contributed by atoms with E-state index in [0.717, 1.165) is 0 Å². The van der Waals surface area contributed by atoms with E-state index in [-0.39, 0.29) is 23.4 Å². The van der Waals surface area contributed by atoms with E-state index in [1.54, 1.807) is 37.4 Å². The molecule has 3 aromatic rings. The molecule has 0 atom stereocenters. The van der Waals surface area contributed by atoms with Gasteiger partial charge in [-0.2, -0.15) is 0 Å². The number of hydrogen-bond acceptors (Lipinski definition) is 6. The molecular weight excluding hydrogens is 312 g/mol. The molecule has 0 saturated heterocycles. The van der Waals surface area contributed by atoms with Gasteiger partial charge in [0.1, 0.15) is 18.8 Å². The fraction of sp³-hybridized carbons (Fsp3) is 0.235. The Kier molecular flexibility index (Phi) is 3.34. The van der Waals surface area contributed by atoms with Crippen LogP contribution < -0.4 is 15.0 Å². The Morgan fingerprint density at radius 2 is 2.04 bits per heavy atom. The number of carbonyl (C=O) groups is 1. The number of pyridine rings is 1. The summed E-state index contributed by atoms with van der Waals surface area (Å²) in [6.07, 6.45) is 1.57. The Hall–Kier alpha value is -3.09. The zero-order valence-corrected chi connectivity index (χ0v) is 12.9. The van der Waals surface area contributed by atoms with Crippen LogP contribution in [0.25, 0.3) is 16.6 Å². The summed E-state index contributed by atoms with van der Waals surface area (Å²) < 4.78 is 17.4. The maximum Gasteiger partial charge on any atom is 0.341 e. The Morgan fingerprint density at radius 3 is 2.79 bits per heavy atom. The van der Waals surface area contributed by atoms with Gasteiger partial charge in [-0.1, -0.05) is 0 Å². The number of aromatic nitrogens is 2. The van der Waals surface area contributed by atoms with Crippen LogP contribution in [-0.4, -0.2) is 35.2 Å². The Labute approximate surface area is 136 Å². The van der Waals surface area contributed by atoms with Gasteiger partial charge in [-0.15, -0.1) is 0 Å². The summed E-state index contributed by atoms with van der Waals surface area (Å²) >= 11 is 0. The van der Waals surface area contributed by atoms with Crippen LogP contribution in [0, 0.1) is 0 Å². The number of nitrogens with zero attached hydrogens (tertiary/aromatic N) is 2. The molecule has 4 rings (SSSR count). The maximum absolute atomic E-state index is 12.8. The molecule has 7 nitrogen and oxygen atoms in total. The minimum atomic E-state index is -0.514. The number of rotatable bonds is 2. The predicted octanol–water partition coefficient (Wildman–Crippen LogP) is 1.80. The first kappa shape index (κ1) is 14.5. The second kappa shape index (κ2) is 5.52. The van der Waals surface area contributed by atoms with E-state index in [0.29, 0.717) is 35.6 Å². The van der Waals surface area contributed by atoms with Crippen molar-refractivity contribution >= 4 is 22.5 Å². The fourth-order valence-electron chi connectivity index (χ4n) is 2.73. The number of carbonyl (C=O) groups excluding carboxylic acids is 1. The van der Waals surface area contributed by atoms with Crippen molar-refractivity contribution < 1.29 is 19.0 Å².